The van der Waals surface area contributed by atoms with Gasteiger partial charge in [-0.15, -0.1) is 11.3 Å². The maximum atomic E-state index is 5.38. The van der Waals surface area contributed by atoms with Gasteiger partial charge in [0.1, 0.15) is 5.01 Å². The number of nitrogens with one attached hydrogen (secondary N) is 1. The van der Waals surface area contributed by atoms with E-state index in [0.29, 0.717) is 5.92 Å². The van der Waals surface area contributed by atoms with Crippen LogP contribution in [0.1, 0.15) is 31.0 Å². The van der Waals surface area contributed by atoms with Crippen molar-refractivity contribution in [1.82, 2.24) is 10.3 Å². The molecular weight excluding hydrogens is 220 g/mol. The largest absolute Gasteiger partial charge is 0.381 e. The average molecular weight is 240 g/mol. The summed E-state index contributed by atoms with van der Waals surface area (Å²) in [4.78, 5) is 4.55. The SMILES string of the molecule is Cc1csc(C(C)(C)NCC2CCOC2)n1. The minimum Gasteiger partial charge on any atom is -0.381 e. The molecule has 1 unspecified atom stereocenters. The van der Waals surface area contributed by atoms with Gasteiger partial charge in [-0.05, 0) is 33.1 Å². The number of aromatic nitrogens is 1. The minimum absolute atomic E-state index is 0.0263. The van der Waals surface area contributed by atoms with Crippen LogP contribution in [-0.4, -0.2) is 24.7 Å². The lowest BCUT2D eigenvalue weighted by Crippen LogP contribution is -2.39. The van der Waals surface area contributed by atoms with E-state index in [1.54, 1.807) is 11.3 Å². The normalized spacial score (nSPS) is 21.6. The zero-order chi connectivity index (χ0) is 11.6. The van der Waals surface area contributed by atoms with Crippen LogP contribution in [0.15, 0.2) is 5.38 Å². The van der Waals surface area contributed by atoms with Crippen molar-refractivity contribution in [3.05, 3.63) is 16.1 Å². The molecule has 0 amide bonds. The van der Waals surface area contributed by atoms with Gasteiger partial charge in [0.15, 0.2) is 0 Å². The van der Waals surface area contributed by atoms with Crippen LogP contribution in [0.25, 0.3) is 0 Å². The molecule has 1 aliphatic heterocycles. The van der Waals surface area contributed by atoms with Gasteiger partial charge in [-0.2, -0.15) is 0 Å². The molecule has 1 fully saturated rings. The molecule has 0 radical (unpaired) electrons. The van der Waals surface area contributed by atoms with Crippen molar-refractivity contribution in [3.63, 3.8) is 0 Å². The van der Waals surface area contributed by atoms with E-state index >= 15 is 0 Å². The van der Waals surface area contributed by atoms with Crippen LogP contribution in [0.4, 0.5) is 0 Å². The van der Waals surface area contributed by atoms with E-state index in [9.17, 15) is 0 Å². The molecule has 0 aliphatic carbocycles. The summed E-state index contributed by atoms with van der Waals surface area (Å²) in [6.07, 6.45) is 1.18. The summed E-state index contributed by atoms with van der Waals surface area (Å²) in [6.45, 7) is 9.28. The van der Waals surface area contributed by atoms with E-state index in [1.165, 1.54) is 11.4 Å². The first-order valence-electron chi connectivity index (χ1n) is 5.83. The molecule has 16 heavy (non-hydrogen) atoms. The third-order valence-electron chi connectivity index (χ3n) is 3.01. The Morgan fingerprint density at radius 3 is 3.00 bits per heavy atom. The van der Waals surface area contributed by atoms with Crippen molar-refractivity contribution in [2.75, 3.05) is 19.8 Å². The van der Waals surface area contributed by atoms with E-state index in [4.69, 9.17) is 4.74 Å². The summed E-state index contributed by atoms with van der Waals surface area (Å²) in [6, 6.07) is 0. The van der Waals surface area contributed by atoms with E-state index in [-0.39, 0.29) is 5.54 Å². The molecular formula is C12H20N2OS. The molecule has 0 saturated carbocycles. The maximum Gasteiger partial charge on any atom is 0.112 e. The van der Waals surface area contributed by atoms with E-state index in [2.05, 4.69) is 29.5 Å². The minimum atomic E-state index is -0.0263. The lowest BCUT2D eigenvalue weighted by Gasteiger charge is -2.25. The van der Waals surface area contributed by atoms with Crippen LogP contribution in [0.5, 0.6) is 0 Å². The Balaban J connectivity index is 1.91. The smallest absolute Gasteiger partial charge is 0.112 e. The standard InChI is InChI=1S/C12H20N2OS/c1-9-8-16-11(14-9)12(2,3)13-6-10-4-5-15-7-10/h8,10,13H,4-7H2,1-3H3. The number of ether oxygens (including phenoxy) is 1. The second kappa shape index (κ2) is 4.82. The first-order chi connectivity index (χ1) is 7.58. The van der Waals surface area contributed by atoms with Gasteiger partial charge in [-0.25, -0.2) is 4.98 Å². The second-order valence-corrected chi connectivity index (χ2v) is 5.89. The lowest BCUT2D eigenvalue weighted by atomic mass is 10.0. The summed E-state index contributed by atoms with van der Waals surface area (Å²) in [5.41, 5.74) is 1.08. The average Bonchev–Trinajstić information content (AvgIpc) is 2.85. The van der Waals surface area contributed by atoms with Gasteiger partial charge < -0.3 is 10.1 Å². The number of hydrogen-bond acceptors (Lipinski definition) is 4. The van der Waals surface area contributed by atoms with E-state index in [0.717, 1.165) is 25.5 Å². The third-order valence-corrected chi connectivity index (χ3v) is 4.29. The molecule has 3 nitrogen and oxygen atoms in total. The molecule has 1 aromatic heterocycles. The fraction of sp³-hybridized carbons (Fsp3) is 0.750. The van der Waals surface area contributed by atoms with Crippen LogP contribution in [0.2, 0.25) is 0 Å². The Labute approximate surface area is 101 Å². The topological polar surface area (TPSA) is 34.1 Å². The monoisotopic (exact) mass is 240 g/mol. The van der Waals surface area contributed by atoms with E-state index in [1.807, 2.05) is 6.92 Å². The maximum absolute atomic E-state index is 5.38. The lowest BCUT2D eigenvalue weighted by molar-refractivity contribution is 0.183. The van der Waals surface area contributed by atoms with Crippen LogP contribution in [0, 0.1) is 12.8 Å². The highest BCUT2D eigenvalue weighted by atomic mass is 32.1. The van der Waals surface area contributed by atoms with Gasteiger partial charge in [-0.3, -0.25) is 0 Å². The summed E-state index contributed by atoms with van der Waals surface area (Å²) >= 11 is 1.73. The summed E-state index contributed by atoms with van der Waals surface area (Å²) < 4.78 is 5.38. The van der Waals surface area contributed by atoms with Gasteiger partial charge in [0.25, 0.3) is 0 Å². The predicted molar refractivity (Wildman–Crippen MR) is 66.8 cm³/mol. The Bertz CT molecular complexity index is 343. The second-order valence-electron chi connectivity index (χ2n) is 5.03. The van der Waals surface area contributed by atoms with Gasteiger partial charge in [-0.1, -0.05) is 0 Å². The zero-order valence-electron chi connectivity index (χ0n) is 10.2. The van der Waals surface area contributed by atoms with Crippen molar-refractivity contribution < 1.29 is 4.74 Å². The molecule has 0 spiro atoms. The quantitative estimate of drug-likeness (QED) is 0.877. The number of hydrogen-bond donors (Lipinski definition) is 1. The highest BCUT2D eigenvalue weighted by molar-refractivity contribution is 7.09. The molecule has 4 heteroatoms. The molecule has 1 aliphatic rings. The van der Waals surface area contributed by atoms with Gasteiger partial charge in [0.05, 0.1) is 12.1 Å². The Hall–Kier alpha value is -0.450. The molecule has 2 rings (SSSR count). The number of thiazole rings is 1. The summed E-state index contributed by atoms with van der Waals surface area (Å²) in [5, 5.41) is 6.88. The Kier molecular flexibility index (Phi) is 3.62. The predicted octanol–water partition coefficient (Wildman–Crippen LogP) is 2.31. The van der Waals surface area contributed by atoms with Crippen LogP contribution in [0.3, 0.4) is 0 Å². The summed E-state index contributed by atoms with van der Waals surface area (Å²) in [7, 11) is 0. The third kappa shape index (κ3) is 2.81. The summed E-state index contributed by atoms with van der Waals surface area (Å²) in [5.74, 6) is 0.667. The molecule has 0 aromatic carbocycles. The van der Waals surface area contributed by atoms with Crippen molar-refractivity contribution in [2.45, 2.75) is 32.7 Å². The fourth-order valence-electron chi connectivity index (χ4n) is 1.86. The van der Waals surface area contributed by atoms with Crippen LogP contribution < -0.4 is 5.32 Å². The first kappa shape index (κ1) is 12.0. The van der Waals surface area contributed by atoms with Crippen molar-refractivity contribution in [3.8, 4) is 0 Å². The van der Waals surface area contributed by atoms with Crippen molar-refractivity contribution >= 4 is 11.3 Å². The number of aryl methyl sites for hydroxylation is 1. The van der Waals surface area contributed by atoms with Crippen LogP contribution in [-0.2, 0) is 10.3 Å². The van der Waals surface area contributed by atoms with E-state index < -0.39 is 0 Å². The van der Waals surface area contributed by atoms with Crippen molar-refractivity contribution in [1.29, 1.82) is 0 Å². The number of rotatable bonds is 4. The van der Waals surface area contributed by atoms with Gasteiger partial charge in [0, 0.05) is 24.2 Å². The van der Waals surface area contributed by atoms with Gasteiger partial charge >= 0.3 is 0 Å². The molecule has 1 saturated heterocycles. The van der Waals surface area contributed by atoms with Crippen LogP contribution >= 0.6 is 11.3 Å². The molecule has 2 heterocycles. The highest BCUT2D eigenvalue weighted by Gasteiger charge is 2.25. The Morgan fingerprint density at radius 2 is 2.44 bits per heavy atom. The molecule has 1 atom stereocenters. The van der Waals surface area contributed by atoms with Crippen molar-refractivity contribution in [2.24, 2.45) is 5.92 Å². The zero-order valence-corrected chi connectivity index (χ0v) is 11.1. The fourth-order valence-corrected chi connectivity index (χ4v) is 2.76. The molecule has 1 aromatic rings. The molecule has 0 bridgehead atoms. The Morgan fingerprint density at radius 1 is 1.62 bits per heavy atom. The highest BCUT2D eigenvalue weighted by Crippen LogP contribution is 2.24. The number of nitrogens with zero attached hydrogens (tertiary/aromatic N) is 1. The first-order valence-corrected chi connectivity index (χ1v) is 6.71. The van der Waals surface area contributed by atoms with Gasteiger partial charge in [0.2, 0.25) is 0 Å². The molecule has 90 valence electrons. The molecule has 1 N–H and O–H groups in total.